The fraction of sp³-hybridized carbons (Fsp3) is 0.545. The van der Waals surface area contributed by atoms with Crippen LogP contribution in [-0.4, -0.2) is 36.3 Å². The second kappa shape index (κ2) is 4.79. The SMILES string of the molecule is CC(C)(C)c1nnc(Cn2cc(CC(=O)O)nn2)o1. The lowest BCUT2D eigenvalue weighted by Gasteiger charge is -2.10. The van der Waals surface area contributed by atoms with Crippen LogP contribution in [0.25, 0.3) is 0 Å². The van der Waals surface area contributed by atoms with Gasteiger partial charge in [0.25, 0.3) is 0 Å². The van der Waals surface area contributed by atoms with E-state index in [0.717, 1.165) is 0 Å². The highest BCUT2D eigenvalue weighted by molar-refractivity contribution is 5.69. The molecule has 0 spiro atoms. The van der Waals surface area contributed by atoms with E-state index in [2.05, 4.69) is 20.5 Å². The average molecular weight is 265 g/mol. The second-order valence-electron chi connectivity index (χ2n) is 5.23. The van der Waals surface area contributed by atoms with Gasteiger partial charge in [-0.3, -0.25) is 4.79 Å². The van der Waals surface area contributed by atoms with Gasteiger partial charge in [0, 0.05) is 11.6 Å². The van der Waals surface area contributed by atoms with Gasteiger partial charge in [-0.2, -0.15) is 0 Å². The van der Waals surface area contributed by atoms with E-state index < -0.39 is 5.97 Å². The van der Waals surface area contributed by atoms with E-state index in [1.54, 1.807) is 6.20 Å². The zero-order chi connectivity index (χ0) is 14.0. The summed E-state index contributed by atoms with van der Waals surface area (Å²) in [6.07, 6.45) is 1.39. The first-order chi connectivity index (χ1) is 8.84. The van der Waals surface area contributed by atoms with Crippen molar-refractivity contribution < 1.29 is 14.3 Å². The van der Waals surface area contributed by atoms with Crippen LogP contribution in [0.1, 0.15) is 38.2 Å². The Kier molecular flexibility index (Phi) is 3.32. The molecule has 0 atom stereocenters. The summed E-state index contributed by atoms with van der Waals surface area (Å²) >= 11 is 0. The minimum Gasteiger partial charge on any atom is -0.481 e. The molecule has 0 unspecified atom stereocenters. The number of nitrogens with zero attached hydrogens (tertiary/aromatic N) is 5. The number of rotatable bonds is 4. The highest BCUT2D eigenvalue weighted by Crippen LogP contribution is 2.20. The van der Waals surface area contributed by atoms with Crippen LogP contribution in [0.15, 0.2) is 10.6 Å². The molecule has 0 bridgehead atoms. The first-order valence-electron chi connectivity index (χ1n) is 5.78. The Morgan fingerprint density at radius 1 is 1.37 bits per heavy atom. The first-order valence-corrected chi connectivity index (χ1v) is 5.78. The third-order valence-corrected chi connectivity index (χ3v) is 2.32. The molecule has 0 radical (unpaired) electrons. The van der Waals surface area contributed by atoms with Gasteiger partial charge in [-0.1, -0.05) is 26.0 Å². The Hall–Kier alpha value is -2.25. The van der Waals surface area contributed by atoms with Gasteiger partial charge < -0.3 is 9.52 Å². The van der Waals surface area contributed by atoms with Crippen LogP contribution >= 0.6 is 0 Å². The predicted molar refractivity (Wildman–Crippen MR) is 63.5 cm³/mol. The van der Waals surface area contributed by atoms with Crippen molar-refractivity contribution in [3.8, 4) is 0 Å². The Balaban J connectivity index is 2.07. The van der Waals surface area contributed by atoms with Gasteiger partial charge >= 0.3 is 5.97 Å². The van der Waals surface area contributed by atoms with Crippen molar-refractivity contribution in [3.63, 3.8) is 0 Å². The predicted octanol–water partition coefficient (Wildman–Crippen LogP) is 0.634. The maximum atomic E-state index is 10.5. The number of hydrogen-bond acceptors (Lipinski definition) is 6. The van der Waals surface area contributed by atoms with Gasteiger partial charge in [0.15, 0.2) is 0 Å². The summed E-state index contributed by atoms with van der Waals surface area (Å²) < 4.78 is 6.99. The van der Waals surface area contributed by atoms with Crippen LogP contribution in [0, 0.1) is 0 Å². The van der Waals surface area contributed by atoms with E-state index in [1.165, 1.54) is 4.68 Å². The number of carbonyl (C=O) groups is 1. The summed E-state index contributed by atoms with van der Waals surface area (Å²) in [5.74, 6) is 0.0185. The fourth-order valence-electron chi connectivity index (χ4n) is 1.41. The van der Waals surface area contributed by atoms with Crippen molar-refractivity contribution in [2.75, 3.05) is 0 Å². The maximum Gasteiger partial charge on any atom is 0.309 e. The Labute approximate surface area is 109 Å². The van der Waals surface area contributed by atoms with Crippen LogP contribution in [0.3, 0.4) is 0 Å². The molecule has 1 N–H and O–H groups in total. The minimum absolute atomic E-state index is 0.156. The van der Waals surface area contributed by atoms with Gasteiger partial charge in [-0.25, -0.2) is 4.68 Å². The molecule has 0 aliphatic rings. The second-order valence-corrected chi connectivity index (χ2v) is 5.23. The van der Waals surface area contributed by atoms with Crippen LogP contribution < -0.4 is 0 Å². The maximum absolute atomic E-state index is 10.5. The van der Waals surface area contributed by atoms with Gasteiger partial charge in [-0.05, 0) is 0 Å². The quantitative estimate of drug-likeness (QED) is 0.863. The molecule has 8 nitrogen and oxygen atoms in total. The monoisotopic (exact) mass is 265 g/mol. The van der Waals surface area contributed by atoms with Gasteiger partial charge in [0.2, 0.25) is 11.8 Å². The molecule has 0 saturated heterocycles. The van der Waals surface area contributed by atoms with Crippen LogP contribution in [0.2, 0.25) is 0 Å². The smallest absolute Gasteiger partial charge is 0.309 e. The molecule has 0 aliphatic heterocycles. The Bertz CT molecular complexity index is 581. The summed E-state index contributed by atoms with van der Waals surface area (Å²) in [6, 6.07) is 0. The van der Waals surface area contributed by atoms with Crippen molar-refractivity contribution in [1.82, 2.24) is 25.2 Å². The molecule has 0 saturated carbocycles. The number of hydrogen-bond donors (Lipinski definition) is 1. The number of aromatic nitrogens is 5. The van der Waals surface area contributed by atoms with E-state index in [9.17, 15) is 4.79 Å². The van der Waals surface area contributed by atoms with Crippen molar-refractivity contribution in [2.24, 2.45) is 0 Å². The highest BCUT2D eigenvalue weighted by atomic mass is 16.4. The standard InChI is InChI=1S/C11H15N5O3/c1-11(2,3)10-14-13-8(19-10)6-16-5-7(12-15-16)4-9(17)18/h5H,4,6H2,1-3H3,(H,17,18). The molecule has 0 aromatic carbocycles. The number of carboxylic acids is 1. The van der Waals surface area contributed by atoms with E-state index in [-0.39, 0.29) is 18.4 Å². The first kappa shape index (κ1) is 13.2. The van der Waals surface area contributed by atoms with Gasteiger partial charge in [0.05, 0.1) is 12.1 Å². The molecule has 102 valence electrons. The average Bonchev–Trinajstić information content (AvgIpc) is 2.86. The largest absolute Gasteiger partial charge is 0.481 e. The Morgan fingerprint density at radius 2 is 2.11 bits per heavy atom. The zero-order valence-corrected chi connectivity index (χ0v) is 11.0. The van der Waals surface area contributed by atoms with E-state index in [4.69, 9.17) is 9.52 Å². The summed E-state index contributed by atoms with van der Waals surface area (Å²) in [5, 5.41) is 24.1. The fourth-order valence-corrected chi connectivity index (χ4v) is 1.41. The summed E-state index contributed by atoms with van der Waals surface area (Å²) in [5.41, 5.74) is 0.185. The van der Waals surface area contributed by atoms with Crippen LogP contribution in [0.4, 0.5) is 0 Å². The van der Waals surface area contributed by atoms with Crippen molar-refractivity contribution in [2.45, 2.75) is 39.2 Å². The van der Waals surface area contributed by atoms with Crippen molar-refractivity contribution >= 4 is 5.97 Å². The van der Waals surface area contributed by atoms with Crippen molar-refractivity contribution in [3.05, 3.63) is 23.7 Å². The molecule has 2 rings (SSSR count). The Morgan fingerprint density at radius 3 is 2.68 bits per heavy atom. The summed E-state index contributed by atoms with van der Waals surface area (Å²) in [6.45, 7) is 6.20. The minimum atomic E-state index is -0.945. The molecule has 2 aromatic heterocycles. The van der Waals surface area contributed by atoms with Crippen LogP contribution in [-0.2, 0) is 23.2 Å². The summed E-state index contributed by atoms with van der Waals surface area (Å²) in [7, 11) is 0. The van der Waals surface area contributed by atoms with Crippen LogP contribution in [0.5, 0.6) is 0 Å². The lowest BCUT2D eigenvalue weighted by Crippen LogP contribution is -2.11. The normalized spacial score (nSPS) is 11.7. The molecular formula is C11H15N5O3. The topological polar surface area (TPSA) is 107 Å². The molecule has 2 aromatic rings. The lowest BCUT2D eigenvalue weighted by molar-refractivity contribution is -0.136. The van der Waals surface area contributed by atoms with Crippen molar-refractivity contribution in [1.29, 1.82) is 0 Å². The van der Waals surface area contributed by atoms with Gasteiger partial charge in [0.1, 0.15) is 6.54 Å². The molecule has 0 aliphatic carbocycles. The molecule has 0 fully saturated rings. The summed E-state index contributed by atoms with van der Waals surface area (Å²) in [4.78, 5) is 10.5. The van der Waals surface area contributed by atoms with Gasteiger partial charge in [-0.15, -0.1) is 15.3 Å². The van der Waals surface area contributed by atoms with E-state index in [1.807, 2.05) is 20.8 Å². The molecule has 8 heteroatoms. The third kappa shape index (κ3) is 3.36. The molecule has 2 heterocycles. The molecular weight excluding hydrogens is 250 g/mol. The molecule has 0 amide bonds. The third-order valence-electron chi connectivity index (χ3n) is 2.32. The highest BCUT2D eigenvalue weighted by Gasteiger charge is 2.21. The van der Waals surface area contributed by atoms with E-state index in [0.29, 0.717) is 17.5 Å². The zero-order valence-electron chi connectivity index (χ0n) is 11.0. The lowest BCUT2D eigenvalue weighted by atomic mass is 9.97. The molecule has 19 heavy (non-hydrogen) atoms. The number of carboxylic acid groups (broad SMARTS) is 1. The number of aliphatic carboxylic acids is 1. The van der Waals surface area contributed by atoms with E-state index >= 15 is 0 Å².